The molecule has 28 heavy (non-hydrogen) atoms. The van der Waals surface area contributed by atoms with Gasteiger partial charge < -0.3 is 4.42 Å². The topological polar surface area (TPSA) is 55.1 Å². The maximum absolute atomic E-state index is 12.6. The number of benzene rings is 3. The average Bonchev–Trinajstić information content (AvgIpc) is 3.15. The number of amides is 1. The fraction of sp³-hybridized carbons (Fsp3) is 0. The van der Waals surface area contributed by atoms with Gasteiger partial charge in [0.05, 0.1) is 10.0 Å². The summed E-state index contributed by atoms with van der Waals surface area (Å²) < 4.78 is 5.90. The van der Waals surface area contributed by atoms with Gasteiger partial charge in [-0.2, -0.15) is 4.98 Å². The molecule has 3 aromatic carbocycles. The van der Waals surface area contributed by atoms with Crippen LogP contribution in [0.3, 0.4) is 0 Å². The molecule has 6 heteroatoms. The van der Waals surface area contributed by atoms with Crippen LogP contribution in [0.2, 0.25) is 10.0 Å². The Hall–Kier alpha value is -3.08. The third kappa shape index (κ3) is 3.79. The number of hydrogen-bond acceptors (Lipinski definition) is 3. The van der Waals surface area contributed by atoms with E-state index in [1.54, 1.807) is 12.1 Å². The SMILES string of the molecule is O=C(Nc1nc(-c2ccccc2)c(-c2ccccc2)o1)c1ccc(Cl)c(Cl)c1. The lowest BCUT2D eigenvalue weighted by Gasteiger charge is -2.02. The summed E-state index contributed by atoms with van der Waals surface area (Å²) in [5, 5.41) is 3.37. The minimum atomic E-state index is -0.390. The number of oxazole rings is 1. The van der Waals surface area contributed by atoms with E-state index in [0.29, 0.717) is 27.1 Å². The first-order valence-electron chi connectivity index (χ1n) is 8.50. The Bertz CT molecular complexity index is 1070. The first kappa shape index (κ1) is 18.3. The number of halogens is 2. The Morgan fingerprint density at radius 2 is 1.46 bits per heavy atom. The van der Waals surface area contributed by atoms with Crippen LogP contribution in [0.4, 0.5) is 6.01 Å². The van der Waals surface area contributed by atoms with Crippen LogP contribution in [0.1, 0.15) is 10.4 Å². The second kappa shape index (κ2) is 7.89. The zero-order valence-electron chi connectivity index (χ0n) is 14.5. The summed E-state index contributed by atoms with van der Waals surface area (Å²) >= 11 is 11.9. The predicted octanol–water partition coefficient (Wildman–Crippen LogP) is 6.57. The number of aromatic nitrogens is 1. The van der Waals surface area contributed by atoms with Crippen molar-refractivity contribution >= 4 is 35.1 Å². The van der Waals surface area contributed by atoms with E-state index in [-0.39, 0.29) is 11.9 Å². The molecule has 1 amide bonds. The molecule has 0 saturated heterocycles. The maximum atomic E-state index is 12.6. The van der Waals surface area contributed by atoms with Crippen molar-refractivity contribution in [3.63, 3.8) is 0 Å². The van der Waals surface area contributed by atoms with Crippen LogP contribution in [-0.2, 0) is 0 Å². The third-order valence-electron chi connectivity index (χ3n) is 4.11. The van der Waals surface area contributed by atoms with E-state index >= 15 is 0 Å². The highest BCUT2D eigenvalue weighted by atomic mass is 35.5. The zero-order valence-corrected chi connectivity index (χ0v) is 16.0. The highest BCUT2D eigenvalue weighted by Gasteiger charge is 2.19. The van der Waals surface area contributed by atoms with E-state index in [9.17, 15) is 4.79 Å². The van der Waals surface area contributed by atoms with Crippen LogP contribution in [-0.4, -0.2) is 10.9 Å². The molecule has 0 unspecified atom stereocenters. The van der Waals surface area contributed by atoms with Gasteiger partial charge in [0.2, 0.25) is 0 Å². The van der Waals surface area contributed by atoms with Crippen molar-refractivity contribution in [2.45, 2.75) is 0 Å². The number of carbonyl (C=O) groups is 1. The maximum Gasteiger partial charge on any atom is 0.302 e. The van der Waals surface area contributed by atoms with Crippen molar-refractivity contribution in [2.75, 3.05) is 5.32 Å². The fourth-order valence-corrected chi connectivity index (χ4v) is 3.06. The molecule has 0 aliphatic rings. The molecule has 1 heterocycles. The second-order valence-electron chi connectivity index (χ2n) is 6.01. The van der Waals surface area contributed by atoms with Crippen LogP contribution in [0, 0.1) is 0 Å². The van der Waals surface area contributed by atoms with Crippen LogP contribution in [0.15, 0.2) is 83.3 Å². The Balaban J connectivity index is 1.71. The van der Waals surface area contributed by atoms with E-state index in [1.165, 1.54) is 6.07 Å². The largest absolute Gasteiger partial charge is 0.423 e. The van der Waals surface area contributed by atoms with Gasteiger partial charge in [0.25, 0.3) is 5.91 Å². The van der Waals surface area contributed by atoms with E-state index in [1.807, 2.05) is 60.7 Å². The predicted molar refractivity (Wildman–Crippen MR) is 112 cm³/mol. The van der Waals surface area contributed by atoms with Gasteiger partial charge in [-0.05, 0) is 18.2 Å². The molecule has 0 fully saturated rings. The molecule has 1 aromatic heterocycles. The number of hydrogen-bond donors (Lipinski definition) is 1. The summed E-state index contributed by atoms with van der Waals surface area (Å²) in [6.07, 6.45) is 0. The summed E-state index contributed by atoms with van der Waals surface area (Å²) in [7, 11) is 0. The monoisotopic (exact) mass is 408 g/mol. The normalized spacial score (nSPS) is 10.6. The molecule has 0 saturated carbocycles. The first-order chi connectivity index (χ1) is 13.6. The summed E-state index contributed by atoms with van der Waals surface area (Å²) in [6, 6.07) is 24.0. The number of anilines is 1. The van der Waals surface area contributed by atoms with Crippen molar-refractivity contribution in [3.8, 4) is 22.6 Å². The minimum Gasteiger partial charge on any atom is -0.423 e. The Labute approximate surface area is 171 Å². The molecule has 0 aliphatic carbocycles. The molecule has 0 spiro atoms. The van der Waals surface area contributed by atoms with Crippen LogP contribution in [0.5, 0.6) is 0 Å². The number of rotatable bonds is 4. The van der Waals surface area contributed by atoms with Crippen molar-refractivity contribution in [3.05, 3.63) is 94.5 Å². The summed E-state index contributed by atoms with van der Waals surface area (Å²) in [5.41, 5.74) is 2.76. The Kier molecular flexibility index (Phi) is 5.15. The van der Waals surface area contributed by atoms with Gasteiger partial charge in [0.15, 0.2) is 5.76 Å². The van der Waals surface area contributed by atoms with Crippen LogP contribution >= 0.6 is 23.2 Å². The molecule has 4 nitrogen and oxygen atoms in total. The smallest absolute Gasteiger partial charge is 0.302 e. The van der Waals surface area contributed by atoms with Gasteiger partial charge >= 0.3 is 6.01 Å². The summed E-state index contributed by atoms with van der Waals surface area (Å²) in [5.74, 6) is 0.190. The van der Waals surface area contributed by atoms with Crippen molar-refractivity contribution < 1.29 is 9.21 Å². The molecule has 0 bridgehead atoms. The van der Waals surface area contributed by atoms with E-state index in [4.69, 9.17) is 27.6 Å². The molecule has 0 aliphatic heterocycles. The molecule has 4 rings (SSSR count). The molecule has 138 valence electrons. The summed E-state index contributed by atoms with van der Waals surface area (Å²) in [6.45, 7) is 0. The highest BCUT2D eigenvalue weighted by Crippen LogP contribution is 2.34. The molecule has 1 N–H and O–H groups in total. The molecule has 0 atom stereocenters. The standard InChI is InChI=1S/C22H14Cl2N2O2/c23-17-12-11-16(13-18(17)24)21(27)26-22-25-19(14-7-3-1-4-8-14)20(28-22)15-9-5-2-6-10-15/h1-13H,(H,25,26,27). The molecular formula is C22H14Cl2N2O2. The lowest BCUT2D eigenvalue weighted by Crippen LogP contribution is -2.12. The van der Waals surface area contributed by atoms with Crippen molar-refractivity contribution in [1.29, 1.82) is 0 Å². The number of nitrogens with zero attached hydrogens (tertiary/aromatic N) is 1. The zero-order chi connectivity index (χ0) is 19.5. The average molecular weight is 409 g/mol. The van der Waals surface area contributed by atoms with Crippen molar-refractivity contribution in [2.24, 2.45) is 0 Å². The van der Waals surface area contributed by atoms with Crippen LogP contribution < -0.4 is 5.32 Å². The number of nitrogens with one attached hydrogen (secondary N) is 1. The van der Waals surface area contributed by atoms with E-state index in [0.717, 1.165) is 11.1 Å². The Morgan fingerprint density at radius 3 is 2.11 bits per heavy atom. The second-order valence-corrected chi connectivity index (χ2v) is 6.83. The third-order valence-corrected chi connectivity index (χ3v) is 4.85. The van der Waals surface area contributed by atoms with Crippen LogP contribution in [0.25, 0.3) is 22.6 Å². The molecule has 4 aromatic rings. The van der Waals surface area contributed by atoms with Gasteiger partial charge in [-0.15, -0.1) is 0 Å². The lowest BCUT2D eigenvalue weighted by atomic mass is 10.1. The van der Waals surface area contributed by atoms with Gasteiger partial charge in [0, 0.05) is 16.7 Å². The van der Waals surface area contributed by atoms with Gasteiger partial charge in [0.1, 0.15) is 5.69 Å². The van der Waals surface area contributed by atoms with E-state index in [2.05, 4.69) is 10.3 Å². The molecular weight excluding hydrogens is 395 g/mol. The van der Waals surface area contributed by atoms with Gasteiger partial charge in [-0.1, -0.05) is 83.9 Å². The summed E-state index contributed by atoms with van der Waals surface area (Å²) in [4.78, 5) is 17.1. The van der Waals surface area contributed by atoms with Gasteiger partial charge in [-0.3, -0.25) is 10.1 Å². The van der Waals surface area contributed by atoms with Crippen molar-refractivity contribution in [1.82, 2.24) is 4.98 Å². The first-order valence-corrected chi connectivity index (χ1v) is 9.25. The number of carbonyl (C=O) groups excluding carboxylic acids is 1. The quantitative estimate of drug-likeness (QED) is 0.415. The van der Waals surface area contributed by atoms with Gasteiger partial charge in [-0.25, -0.2) is 0 Å². The Morgan fingerprint density at radius 1 is 0.821 bits per heavy atom. The fourth-order valence-electron chi connectivity index (χ4n) is 2.76. The highest BCUT2D eigenvalue weighted by molar-refractivity contribution is 6.42. The van der Waals surface area contributed by atoms with E-state index < -0.39 is 0 Å². The lowest BCUT2D eigenvalue weighted by molar-refractivity contribution is 0.102. The molecule has 0 radical (unpaired) electrons. The minimum absolute atomic E-state index is 0.105.